The molecule has 2 aromatic carbocycles. The van der Waals surface area contributed by atoms with Crippen LogP contribution in [0.2, 0.25) is 0 Å². The maximum absolute atomic E-state index is 13.1. The lowest BCUT2D eigenvalue weighted by Gasteiger charge is -2.26. The number of benzene rings is 2. The number of nitrogens with zero attached hydrogens (tertiary/aromatic N) is 2. The first-order chi connectivity index (χ1) is 16.3. The van der Waals surface area contributed by atoms with E-state index in [1.807, 2.05) is 19.0 Å². The van der Waals surface area contributed by atoms with Gasteiger partial charge >= 0.3 is 5.97 Å². The summed E-state index contributed by atoms with van der Waals surface area (Å²) in [6.07, 6.45) is 0. The summed E-state index contributed by atoms with van der Waals surface area (Å²) in [5.41, 5.74) is 1.24. The number of ether oxygens (including phenoxy) is 3. The molecule has 178 valence electrons. The molecule has 34 heavy (non-hydrogen) atoms. The lowest BCUT2D eigenvalue weighted by molar-refractivity contribution is -0.140. The van der Waals surface area contributed by atoms with Gasteiger partial charge in [-0.3, -0.25) is 9.59 Å². The van der Waals surface area contributed by atoms with Crippen molar-refractivity contribution in [2.75, 3.05) is 47.5 Å². The maximum Gasteiger partial charge on any atom is 0.337 e. The van der Waals surface area contributed by atoms with Crippen LogP contribution in [0.15, 0.2) is 48.0 Å². The molecule has 0 bridgehead atoms. The number of hydrogen-bond donors (Lipinski definition) is 1. The fraction of sp³-hybridized carbons (Fsp3) is 0.320. The number of ketones is 1. The average Bonchev–Trinajstić information content (AvgIpc) is 3.11. The topological polar surface area (TPSA) is 106 Å². The minimum Gasteiger partial charge on any atom is -0.507 e. The van der Waals surface area contributed by atoms with Gasteiger partial charge in [-0.25, -0.2) is 4.79 Å². The van der Waals surface area contributed by atoms with Gasteiger partial charge in [-0.2, -0.15) is 0 Å². The number of carbonyl (C=O) groups is 3. The van der Waals surface area contributed by atoms with E-state index in [2.05, 4.69) is 0 Å². The number of aliphatic hydroxyl groups is 1. The van der Waals surface area contributed by atoms with E-state index in [0.717, 1.165) is 0 Å². The van der Waals surface area contributed by atoms with E-state index in [-0.39, 0.29) is 17.9 Å². The highest BCUT2D eigenvalue weighted by Crippen LogP contribution is 2.41. The molecule has 1 N–H and O–H groups in total. The second-order valence-electron chi connectivity index (χ2n) is 8.27. The molecule has 0 radical (unpaired) electrons. The Kier molecular flexibility index (Phi) is 6.56. The van der Waals surface area contributed by atoms with Crippen molar-refractivity contribution in [3.63, 3.8) is 0 Å². The second-order valence-corrected chi connectivity index (χ2v) is 8.27. The molecular formula is C25H26N2O7. The highest BCUT2D eigenvalue weighted by atomic mass is 16.6. The van der Waals surface area contributed by atoms with E-state index < -0.39 is 23.7 Å². The molecule has 2 heterocycles. The summed E-state index contributed by atoms with van der Waals surface area (Å²) in [4.78, 5) is 41.3. The quantitative estimate of drug-likeness (QED) is 0.299. The zero-order valence-electron chi connectivity index (χ0n) is 19.2. The minimum absolute atomic E-state index is 0.0220. The molecule has 2 aliphatic heterocycles. The first-order valence-corrected chi connectivity index (χ1v) is 10.8. The van der Waals surface area contributed by atoms with Gasteiger partial charge in [-0.15, -0.1) is 0 Å². The van der Waals surface area contributed by atoms with E-state index in [9.17, 15) is 19.5 Å². The van der Waals surface area contributed by atoms with Crippen molar-refractivity contribution in [1.82, 2.24) is 9.80 Å². The van der Waals surface area contributed by atoms with Crippen molar-refractivity contribution in [2.24, 2.45) is 0 Å². The highest BCUT2D eigenvalue weighted by Gasteiger charge is 2.46. The average molecular weight is 466 g/mol. The van der Waals surface area contributed by atoms with Crippen LogP contribution >= 0.6 is 0 Å². The highest BCUT2D eigenvalue weighted by molar-refractivity contribution is 6.46. The molecule has 0 spiro atoms. The number of hydrogen-bond acceptors (Lipinski definition) is 8. The molecule has 0 aromatic heterocycles. The number of Topliss-reactive ketones (excluding diaryl/α,β-unsaturated/α-hetero) is 1. The van der Waals surface area contributed by atoms with Crippen LogP contribution in [0.3, 0.4) is 0 Å². The van der Waals surface area contributed by atoms with Crippen molar-refractivity contribution >= 4 is 23.4 Å². The monoisotopic (exact) mass is 466 g/mol. The fourth-order valence-corrected chi connectivity index (χ4v) is 4.03. The van der Waals surface area contributed by atoms with Gasteiger partial charge in [0.15, 0.2) is 11.5 Å². The van der Waals surface area contributed by atoms with Gasteiger partial charge in [-0.1, -0.05) is 12.1 Å². The van der Waals surface area contributed by atoms with Crippen LogP contribution in [0.5, 0.6) is 11.5 Å². The molecule has 2 aromatic rings. The van der Waals surface area contributed by atoms with E-state index in [1.165, 1.54) is 12.0 Å². The summed E-state index contributed by atoms with van der Waals surface area (Å²) < 4.78 is 15.9. The second kappa shape index (κ2) is 9.56. The third kappa shape index (κ3) is 4.34. The predicted molar refractivity (Wildman–Crippen MR) is 123 cm³/mol. The lowest BCUT2D eigenvalue weighted by atomic mass is 9.94. The molecule has 1 fully saturated rings. The third-order valence-electron chi connectivity index (χ3n) is 5.79. The Hall–Kier alpha value is -3.85. The number of amides is 1. The number of esters is 1. The number of likely N-dealkylation sites (N-methyl/N-ethyl adjacent to an activating group) is 1. The van der Waals surface area contributed by atoms with E-state index in [4.69, 9.17) is 14.2 Å². The van der Waals surface area contributed by atoms with Crippen LogP contribution in [0.1, 0.15) is 27.5 Å². The van der Waals surface area contributed by atoms with Crippen LogP contribution in [-0.4, -0.2) is 80.1 Å². The number of aliphatic hydroxyl groups excluding tert-OH is 1. The zero-order valence-corrected chi connectivity index (χ0v) is 19.2. The van der Waals surface area contributed by atoms with Gasteiger partial charge in [0, 0.05) is 18.7 Å². The third-order valence-corrected chi connectivity index (χ3v) is 5.79. The summed E-state index contributed by atoms with van der Waals surface area (Å²) in [6.45, 7) is 1.60. The van der Waals surface area contributed by atoms with E-state index >= 15 is 0 Å². The summed E-state index contributed by atoms with van der Waals surface area (Å²) >= 11 is 0. The molecule has 0 saturated carbocycles. The van der Waals surface area contributed by atoms with Gasteiger partial charge in [0.1, 0.15) is 19.0 Å². The number of rotatable bonds is 6. The van der Waals surface area contributed by atoms with Gasteiger partial charge < -0.3 is 29.1 Å². The molecule has 1 saturated heterocycles. The smallest absolute Gasteiger partial charge is 0.337 e. The largest absolute Gasteiger partial charge is 0.507 e. The van der Waals surface area contributed by atoms with Crippen molar-refractivity contribution in [2.45, 2.75) is 6.04 Å². The number of carbonyl (C=O) groups excluding carboxylic acids is 3. The zero-order chi connectivity index (χ0) is 24.4. The summed E-state index contributed by atoms with van der Waals surface area (Å²) in [7, 11) is 5.03. The minimum atomic E-state index is -0.820. The van der Waals surface area contributed by atoms with E-state index in [1.54, 1.807) is 42.5 Å². The Labute approximate surface area is 197 Å². The Morgan fingerprint density at radius 2 is 1.71 bits per heavy atom. The van der Waals surface area contributed by atoms with Gasteiger partial charge in [-0.05, 0) is 50.0 Å². The maximum atomic E-state index is 13.1. The Balaban J connectivity index is 1.80. The molecule has 4 rings (SSSR count). The summed E-state index contributed by atoms with van der Waals surface area (Å²) in [5.74, 6) is -1.26. The molecular weight excluding hydrogens is 440 g/mol. The van der Waals surface area contributed by atoms with Crippen molar-refractivity contribution in [3.8, 4) is 11.5 Å². The van der Waals surface area contributed by atoms with E-state index in [0.29, 0.717) is 47.9 Å². The standard InChI is InChI=1S/C25H26N2O7/c1-26(2)10-11-27-21(15-4-6-16(7-5-15)25(31)32-3)20(23(29)24(27)30)22(28)17-8-9-18-19(14-17)34-13-12-33-18/h4-9,14,21,28H,10-13H2,1-3H3/b22-20+. The number of likely N-dealkylation sites (tertiary alicyclic amines) is 1. The first-order valence-electron chi connectivity index (χ1n) is 10.8. The van der Waals surface area contributed by atoms with Crippen LogP contribution in [0, 0.1) is 0 Å². The first kappa shape index (κ1) is 23.3. The van der Waals surface area contributed by atoms with Crippen molar-refractivity contribution in [1.29, 1.82) is 0 Å². The lowest BCUT2D eigenvalue weighted by Crippen LogP contribution is -2.35. The van der Waals surface area contributed by atoms with Gasteiger partial charge in [0.25, 0.3) is 11.7 Å². The molecule has 0 aliphatic carbocycles. The van der Waals surface area contributed by atoms with Gasteiger partial charge in [0.2, 0.25) is 0 Å². The molecule has 2 aliphatic rings. The molecule has 1 atom stereocenters. The van der Waals surface area contributed by atoms with Gasteiger partial charge in [0.05, 0.1) is 24.3 Å². The summed E-state index contributed by atoms with van der Waals surface area (Å²) in [5, 5.41) is 11.2. The van der Waals surface area contributed by atoms with Crippen molar-refractivity contribution < 1.29 is 33.7 Å². The van der Waals surface area contributed by atoms with Crippen LogP contribution in [0.4, 0.5) is 0 Å². The molecule has 9 nitrogen and oxygen atoms in total. The molecule has 1 amide bonds. The molecule has 1 unspecified atom stereocenters. The van der Waals surface area contributed by atoms with Crippen LogP contribution in [0.25, 0.3) is 5.76 Å². The Morgan fingerprint density at radius 3 is 2.35 bits per heavy atom. The Morgan fingerprint density at radius 1 is 1.06 bits per heavy atom. The number of fused-ring (bicyclic) bond motifs is 1. The van der Waals surface area contributed by atoms with Crippen molar-refractivity contribution in [3.05, 3.63) is 64.7 Å². The normalized spacial score (nSPS) is 18.9. The SMILES string of the molecule is COC(=O)c1ccc(C2/C(=C(\O)c3ccc4c(c3)OCCO4)C(=O)C(=O)N2CCN(C)C)cc1. The predicted octanol–water partition coefficient (Wildman–Crippen LogP) is 2.23. The fourth-order valence-electron chi connectivity index (χ4n) is 4.03. The Bertz CT molecular complexity index is 1150. The summed E-state index contributed by atoms with van der Waals surface area (Å²) in [6, 6.07) is 10.5. The molecule has 9 heteroatoms. The number of methoxy groups -OCH3 is 1. The van der Waals surface area contributed by atoms with Crippen LogP contribution < -0.4 is 9.47 Å². The van der Waals surface area contributed by atoms with Crippen LogP contribution in [-0.2, 0) is 14.3 Å².